The number of hydrogen-bond acceptors (Lipinski definition) is 6. The van der Waals surface area contributed by atoms with Crippen LogP contribution in [0.5, 0.6) is 0 Å². The highest BCUT2D eigenvalue weighted by Gasteiger charge is 2.21. The van der Waals surface area contributed by atoms with Gasteiger partial charge in [0.1, 0.15) is 11.4 Å². The standard InChI is InChI=1S/C24H29N5O5S/c1-16(2)27-35(33,34)15-21-7-5-19(6-8-21)13-25-24(30)22-11-9-20(10-12-22)14-28-18(4)23(29(31)32)17(3)26-28/h5-12,16,27H,13-15H2,1-4H3,(H,25,30). The molecule has 10 nitrogen and oxygen atoms in total. The molecule has 3 rings (SSSR count). The van der Waals surface area contributed by atoms with Crippen LogP contribution in [0.15, 0.2) is 48.5 Å². The van der Waals surface area contributed by atoms with E-state index in [-0.39, 0.29) is 23.4 Å². The Morgan fingerprint density at radius 1 is 1.03 bits per heavy atom. The molecule has 186 valence electrons. The Bertz CT molecular complexity index is 1310. The van der Waals surface area contributed by atoms with Gasteiger partial charge < -0.3 is 5.32 Å². The summed E-state index contributed by atoms with van der Waals surface area (Å²) in [6, 6.07) is 13.9. The fourth-order valence-electron chi connectivity index (χ4n) is 3.70. The number of aromatic nitrogens is 2. The van der Waals surface area contributed by atoms with E-state index in [1.165, 1.54) is 0 Å². The van der Waals surface area contributed by atoms with Crippen LogP contribution in [0.2, 0.25) is 0 Å². The molecule has 0 spiro atoms. The van der Waals surface area contributed by atoms with E-state index in [1.54, 1.807) is 80.9 Å². The molecule has 3 aromatic rings. The Balaban J connectivity index is 1.56. The second kappa shape index (κ2) is 10.8. The molecule has 0 fully saturated rings. The van der Waals surface area contributed by atoms with E-state index in [1.807, 2.05) is 0 Å². The number of hydrogen-bond donors (Lipinski definition) is 2. The summed E-state index contributed by atoms with van der Waals surface area (Å²) in [5.74, 6) is -0.346. The van der Waals surface area contributed by atoms with Gasteiger partial charge in [-0.3, -0.25) is 19.6 Å². The monoisotopic (exact) mass is 499 g/mol. The van der Waals surface area contributed by atoms with Gasteiger partial charge in [0.2, 0.25) is 10.0 Å². The predicted molar refractivity (Wildman–Crippen MR) is 132 cm³/mol. The summed E-state index contributed by atoms with van der Waals surface area (Å²) in [6.07, 6.45) is 0. The van der Waals surface area contributed by atoms with Crippen molar-refractivity contribution in [3.63, 3.8) is 0 Å². The Kier molecular flexibility index (Phi) is 8.03. The number of nitrogens with zero attached hydrogens (tertiary/aromatic N) is 3. The Labute approximate surface area is 204 Å². The third-order valence-corrected chi connectivity index (χ3v) is 6.87. The van der Waals surface area contributed by atoms with Crippen LogP contribution in [0.25, 0.3) is 0 Å². The fourth-order valence-corrected chi connectivity index (χ4v) is 5.13. The van der Waals surface area contributed by atoms with E-state index in [0.717, 1.165) is 11.1 Å². The van der Waals surface area contributed by atoms with Gasteiger partial charge >= 0.3 is 5.69 Å². The quantitative estimate of drug-likeness (QED) is 0.325. The van der Waals surface area contributed by atoms with Crippen LogP contribution < -0.4 is 10.0 Å². The van der Waals surface area contributed by atoms with E-state index in [0.29, 0.717) is 35.6 Å². The van der Waals surface area contributed by atoms with Crippen molar-refractivity contribution in [2.75, 3.05) is 0 Å². The SMILES string of the molecule is Cc1nn(Cc2ccc(C(=O)NCc3ccc(CS(=O)(=O)NC(C)C)cc3)cc2)c(C)c1[N+](=O)[O-]. The van der Waals surface area contributed by atoms with Gasteiger partial charge in [-0.1, -0.05) is 36.4 Å². The molecule has 11 heteroatoms. The molecule has 1 aromatic heterocycles. The average Bonchev–Trinajstić information content (AvgIpc) is 3.05. The van der Waals surface area contributed by atoms with Crippen molar-refractivity contribution in [1.29, 1.82) is 0 Å². The molecular formula is C24H29N5O5S. The maximum atomic E-state index is 12.5. The number of nitro groups is 1. The maximum Gasteiger partial charge on any atom is 0.312 e. The second-order valence-electron chi connectivity index (χ2n) is 8.66. The van der Waals surface area contributed by atoms with E-state index < -0.39 is 14.9 Å². The molecule has 0 aliphatic rings. The van der Waals surface area contributed by atoms with E-state index in [9.17, 15) is 23.3 Å². The molecule has 2 aromatic carbocycles. The van der Waals surface area contributed by atoms with Crippen molar-refractivity contribution in [3.8, 4) is 0 Å². The molecule has 0 radical (unpaired) electrons. The summed E-state index contributed by atoms with van der Waals surface area (Å²) in [6.45, 7) is 7.46. The van der Waals surface area contributed by atoms with Crippen molar-refractivity contribution in [1.82, 2.24) is 19.8 Å². The van der Waals surface area contributed by atoms with Crippen molar-refractivity contribution in [2.45, 2.75) is 52.6 Å². The summed E-state index contributed by atoms with van der Waals surface area (Å²) >= 11 is 0. The maximum absolute atomic E-state index is 12.5. The lowest BCUT2D eigenvalue weighted by atomic mass is 10.1. The zero-order valence-corrected chi connectivity index (χ0v) is 20.9. The zero-order chi connectivity index (χ0) is 25.8. The van der Waals surface area contributed by atoms with E-state index in [4.69, 9.17) is 0 Å². The van der Waals surface area contributed by atoms with Crippen LogP contribution in [-0.2, 0) is 28.9 Å². The highest BCUT2D eigenvalue weighted by atomic mass is 32.2. The molecule has 0 unspecified atom stereocenters. The fraction of sp³-hybridized carbons (Fsp3) is 0.333. The largest absolute Gasteiger partial charge is 0.348 e. The van der Waals surface area contributed by atoms with E-state index >= 15 is 0 Å². The van der Waals surface area contributed by atoms with Crippen molar-refractivity contribution in [2.24, 2.45) is 0 Å². The summed E-state index contributed by atoms with van der Waals surface area (Å²) < 4.78 is 28.2. The van der Waals surface area contributed by atoms with Gasteiger partial charge in [-0.2, -0.15) is 5.10 Å². The van der Waals surface area contributed by atoms with Crippen LogP contribution in [0.4, 0.5) is 5.69 Å². The first-order valence-electron chi connectivity index (χ1n) is 11.1. The van der Waals surface area contributed by atoms with Crippen molar-refractivity contribution in [3.05, 3.63) is 92.3 Å². The topological polar surface area (TPSA) is 136 Å². The summed E-state index contributed by atoms with van der Waals surface area (Å²) in [4.78, 5) is 23.3. The number of benzene rings is 2. The highest BCUT2D eigenvalue weighted by molar-refractivity contribution is 7.88. The highest BCUT2D eigenvalue weighted by Crippen LogP contribution is 2.22. The Hall–Kier alpha value is -3.57. The van der Waals surface area contributed by atoms with Crippen LogP contribution in [0.1, 0.15) is 52.3 Å². The smallest absolute Gasteiger partial charge is 0.312 e. The zero-order valence-electron chi connectivity index (χ0n) is 20.1. The number of carbonyl (C=O) groups is 1. The lowest BCUT2D eigenvalue weighted by Gasteiger charge is -2.10. The van der Waals surface area contributed by atoms with Gasteiger partial charge in [-0.05, 0) is 56.5 Å². The summed E-state index contributed by atoms with van der Waals surface area (Å²) in [5.41, 5.74) is 3.72. The Morgan fingerprint density at radius 2 is 1.60 bits per heavy atom. The molecule has 35 heavy (non-hydrogen) atoms. The lowest BCUT2D eigenvalue weighted by Crippen LogP contribution is -2.31. The van der Waals surface area contributed by atoms with Crippen molar-refractivity contribution < 1.29 is 18.1 Å². The van der Waals surface area contributed by atoms with Crippen LogP contribution in [0.3, 0.4) is 0 Å². The minimum atomic E-state index is -3.39. The molecule has 1 amide bonds. The molecule has 0 bridgehead atoms. The van der Waals surface area contributed by atoms with Gasteiger partial charge in [0, 0.05) is 18.2 Å². The number of amides is 1. The molecular weight excluding hydrogens is 470 g/mol. The molecule has 0 aliphatic heterocycles. The summed E-state index contributed by atoms with van der Waals surface area (Å²) in [5, 5.41) is 18.3. The lowest BCUT2D eigenvalue weighted by molar-refractivity contribution is -0.386. The first kappa shape index (κ1) is 26.0. The minimum absolute atomic E-state index is 0.0166. The van der Waals surface area contributed by atoms with Gasteiger partial charge in [0.05, 0.1) is 17.2 Å². The molecule has 1 heterocycles. The van der Waals surface area contributed by atoms with E-state index in [2.05, 4.69) is 15.1 Å². The average molecular weight is 500 g/mol. The number of carbonyl (C=O) groups excluding carboxylic acids is 1. The van der Waals surface area contributed by atoms with Gasteiger partial charge in [-0.25, -0.2) is 13.1 Å². The minimum Gasteiger partial charge on any atom is -0.348 e. The molecule has 0 saturated carbocycles. The molecule has 0 aliphatic carbocycles. The molecule has 2 N–H and O–H groups in total. The Morgan fingerprint density at radius 3 is 2.14 bits per heavy atom. The van der Waals surface area contributed by atoms with Gasteiger partial charge in [0.25, 0.3) is 5.91 Å². The van der Waals surface area contributed by atoms with Crippen LogP contribution in [0, 0.1) is 24.0 Å². The molecule has 0 saturated heterocycles. The van der Waals surface area contributed by atoms with Crippen LogP contribution in [-0.4, -0.2) is 35.1 Å². The first-order valence-corrected chi connectivity index (χ1v) is 12.7. The van der Waals surface area contributed by atoms with Crippen LogP contribution >= 0.6 is 0 Å². The third kappa shape index (κ3) is 6.96. The number of rotatable bonds is 10. The van der Waals surface area contributed by atoms with Gasteiger partial charge in [0.15, 0.2) is 0 Å². The first-order chi connectivity index (χ1) is 16.4. The van der Waals surface area contributed by atoms with Gasteiger partial charge in [-0.15, -0.1) is 0 Å². The number of nitrogens with one attached hydrogen (secondary N) is 2. The van der Waals surface area contributed by atoms with Crippen molar-refractivity contribution >= 4 is 21.6 Å². The number of aryl methyl sites for hydroxylation is 1. The molecule has 0 atom stereocenters. The predicted octanol–water partition coefficient (Wildman–Crippen LogP) is 3.21. The number of sulfonamides is 1. The second-order valence-corrected chi connectivity index (χ2v) is 10.4. The summed E-state index contributed by atoms with van der Waals surface area (Å²) in [7, 11) is -3.39. The third-order valence-electron chi connectivity index (χ3n) is 5.32. The normalized spacial score (nSPS) is 11.6.